The van der Waals surface area contributed by atoms with Crippen molar-refractivity contribution in [2.24, 2.45) is 0 Å². The number of fused-ring (bicyclic) bond motifs is 1. The second-order valence-corrected chi connectivity index (χ2v) is 7.55. The molecule has 4 nitrogen and oxygen atoms in total. The van der Waals surface area contributed by atoms with Crippen molar-refractivity contribution in [1.29, 1.82) is 0 Å². The van der Waals surface area contributed by atoms with Crippen LogP contribution < -0.4 is 10.1 Å². The Morgan fingerprint density at radius 2 is 2.21 bits per heavy atom. The highest BCUT2D eigenvalue weighted by Crippen LogP contribution is 2.28. The van der Waals surface area contributed by atoms with Crippen molar-refractivity contribution in [3.05, 3.63) is 29.3 Å². The topological polar surface area (TPSA) is 55.4 Å². The first-order valence-corrected chi connectivity index (χ1v) is 8.65. The number of rotatable bonds is 2. The molecule has 0 radical (unpaired) electrons. The maximum absolute atomic E-state index is 11.6. The number of benzene rings is 1. The zero-order chi connectivity index (χ0) is 13.3. The molecule has 1 saturated heterocycles. The molecule has 1 atom stereocenters. The van der Waals surface area contributed by atoms with E-state index in [9.17, 15) is 8.42 Å². The second-order valence-electron chi connectivity index (χ2n) is 5.32. The molecule has 1 fully saturated rings. The molecule has 2 heterocycles. The molecule has 1 aromatic carbocycles. The van der Waals surface area contributed by atoms with Gasteiger partial charge in [0.15, 0.2) is 9.84 Å². The van der Waals surface area contributed by atoms with E-state index < -0.39 is 9.84 Å². The Bertz CT molecular complexity index is 568. The van der Waals surface area contributed by atoms with Gasteiger partial charge in [-0.25, -0.2) is 8.42 Å². The third-order valence-corrected chi connectivity index (χ3v) is 5.60. The molecule has 19 heavy (non-hydrogen) atoms. The molecule has 1 aromatic rings. The zero-order valence-corrected chi connectivity index (χ0v) is 11.7. The van der Waals surface area contributed by atoms with Gasteiger partial charge >= 0.3 is 0 Å². The fourth-order valence-corrected chi connectivity index (χ4v) is 4.43. The molecule has 104 valence electrons. The summed E-state index contributed by atoms with van der Waals surface area (Å²) in [4.78, 5) is 0. The molecule has 0 bridgehead atoms. The highest BCUT2D eigenvalue weighted by molar-refractivity contribution is 7.91. The van der Waals surface area contributed by atoms with Crippen LogP contribution in [0.1, 0.15) is 24.0 Å². The van der Waals surface area contributed by atoms with E-state index in [0.29, 0.717) is 12.2 Å². The summed E-state index contributed by atoms with van der Waals surface area (Å²) in [6, 6.07) is 6.05. The summed E-state index contributed by atoms with van der Waals surface area (Å²) in [7, 11) is -2.91. The summed E-state index contributed by atoms with van der Waals surface area (Å²) < 4.78 is 29.3. The van der Waals surface area contributed by atoms with Crippen LogP contribution in [-0.2, 0) is 22.8 Å². The SMILES string of the molecule is O=S1(=O)CCCC(Oc2cccc3c2CCNC3)C1. The fourth-order valence-electron chi connectivity index (χ4n) is 2.86. The summed E-state index contributed by atoms with van der Waals surface area (Å²) in [6.07, 6.45) is 2.32. The van der Waals surface area contributed by atoms with E-state index in [-0.39, 0.29) is 11.9 Å². The second kappa shape index (κ2) is 5.13. The Labute approximate surface area is 114 Å². The van der Waals surface area contributed by atoms with Gasteiger partial charge in [-0.05, 0) is 43.0 Å². The first kappa shape index (κ1) is 12.9. The molecule has 5 heteroatoms. The molecule has 2 aliphatic heterocycles. The minimum absolute atomic E-state index is 0.162. The first-order valence-electron chi connectivity index (χ1n) is 6.83. The molecule has 0 aliphatic carbocycles. The molecule has 0 amide bonds. The van der Waals surface area contributed by atoms with Gasteiger partial charge in [-0.1, -0.05) is 12.1 Å². The van der Waals surface area contributed by atoms with Gasteiger partial charge in [0.2, 0.25) is 0 Å². The predicted molar refractivity (Wildman–Crippen MR) is 74.2 cm³/mol. The van der Waals surface area contributed by atoms with Crippen LogP contribution >= 0.6 is 0 Å². The minimum atomic E-state index is -2.91. The standard InChI is InChI=1S/C14H19NO3S/c16-19(17)8-2-4-12(10-19)18-14-5-1-3-11-9-15-7-6-13(11)14/h1,3,5,12,15H,2,4,6-10H2. The lowest BCUT2D eigenvalue weighted by atomic mass is 10.00. The van der Waals surface area contributed by atoms with E-state index in [1.54, 1.807) is 0 Å². The van der Waals surface area contributed by atoms with Gasteiger partial charge in [0, 0.05) is 6.54 Å². The average Bonchev–Trinajstić information content (AvgIpc) is 2.38. The van der Waals surface area contributed by atoms with Crippen LogP contribution in [0.5, 0.6) is 5.75 Å². The number of hydrogen-bond donors (Lipinski definition) is 1. The van der Waals surface area contributed by atoms with E-state index in [1.165, 1.54) is 11.1 Å². The molecule has 0 spiro atoms. The number of nitrogens with one attached hydrogen (secondary N) is 1. The van der Waals surface area contributed by atoms with Gasteiger partial charge in [0.05, 0.1) is 11.5 Å². The number of sulfone groups is 1. The summed E-state index contributed by atoms with van der Waals surface area (Å²) in [5.74, 6) is 1.35. The largest absolute Gasteiger partial charge is 0.489 e. The molecular weight excluding hydrogens is 262 g/mol. The molecule has 0 saturated carbocycles. The van der Waals surface area contributed by atoms with Crippen molar-refractivity contribution < 1.29 is 13.2 Å². The smallest absolute Gasteiger partial charge is 0.153 e. The van der Waals surface area contributed by atoms with E-state index in [0.717, 1.165) is 31.7 Å². The maximum Gasteiger partial charge on any atom is 0.153 e. The summed E-state index contributed by atoms with van der Waals surface area (Å²) in [5, 5.41) is 3.33. The van der Waals surface area contributed by atoms with Gasteiger partial charge in [0.1, 0.15) is 11.9 Å². The highest BCUT2D eigenvalue weighted by Gasteiger charge is 2.27. The van der Waals surface area contributed by atoms with Crippen LogP contribution in [0.15, 0.2) is 18.2 Å². The minimum Gasteiger partial charge on any atom is -0.489 e. The normalized spacial score (nSPS) is 25.6. The average molecular weight is 281 g/mol. The molecule has 2 aliphatic rings. The third kappa shape index (κ3) is 2.92. The molecule has 3 rings (SSSR count). The summed E-state index contributed by atoms with van der Waals surface area (Å²) in [6.45, 7) is 1.83. The lowest BCUT2D eigenvalue weighted by Gasteiger charge is -2.26. The van der Waals surface area contributed by atoms with Gasteiger partial charge in [0.25, 0.3) is 0 Å². The molecule has 1 unspecified atom stereocenters. The lowest BCUT2D eigenvalue weighted by Crippen LogP contribution is -2.34. The fraction of sp³-hybridized carbons (Fsp3) is 0.571. The van der Waals surface area contributed by atoms with Crippen LogP contribution in [0.25, 0.3) is 0 Å². The Morgan fingerprint density at radius 1 is 1.32 bits per heavy atom. The van der Waals surface area contributed by atoms with Crippen molar-refractivity contribution in [3.63, 3.8) is 0 Å². The molecule has 1 N–H and O–H groups in total. The van der Waals surface area contributed by atoms with Gasteiger partial charge in [-0.3, -0.25) is 0 Å². The van der Waals surface area contributed by atoms with E-state index in [1.807, 2.05) is 12.1 Å². The quantitative estimate of drug-likeness (QED) is 0.887. The Kier molecular flexibility index (Phi) is 3.50. The van der Waals surface area contributed by atoms with Gasteiger partial charge in [-0.2, -0.15) is 0 Å². The van der Waals surface area contributed by atoms with Crippen LogP contribution in [0.3, 0.4) is 0 Å². The first-order chi connectivity index (χ1) is 9.14. The van der Waals surface area contributed by atoms with E-state index in [4.69, 9.17) is 4.74 Å². The maximum atomic E-state index is 11.6. The zero-order valence-electron chi connectivity index (χ0n) is 10.9. The molecular formula is C14H19NO3S. The van der Waals surface area contributed by atoms with Crippen LogP contribution in [0.4, 0.5) is 0 Å². The van der Waals surface area contributed by atoms with E-state index in [2.05, 4.69) is 11.4 Å². The predicted octanol–water partition coefficient (Wildman–Crippen LogP) is 1.29. The van der Waals surface area contributed by atoms with Gasteiger partial charge < -0.3 is 10.1 Å². The van der Waals surface area contributed by atoms with Crippen LogP contribution in [0, 0.1) is 0 Å². The van der Waals surface area contributed by atoms with E-state index >= 15 is 0 Å². The third-order valence-electron chi connectivity index (χ3n) is 3.81. The summed E-state index contributed by atoms with van der Waals surface area (Å²) in [5.41, 5.74) is 2.51. The Balaban J connectivity index is 1.80. The van der Waals surface area contributed by atoms with Gasteiger partial charge in [-0.15, -0.1) is 0 Å². The van der Waals surface area contributed by atoms with Crippen LogP contribution in [-0.4, -0.2) is 32.6 Å². The van der Waals surface area contributed by atoms with Crippen LogP contribution in [0.2, 0.25) is 0 Å². The summed E-state index contributed by atoms with van der Waals surface area (Å²) >= 11 is 0. The monoisotopic (exact) mass is 281 g/mol. The molecule has 0 aromatic heterocycles. The Morgan fingerprint density at radius 3 is 3.05 bits per heavy atom. The van der Waals surface area contributed by atoms with Crippen molar-refractivity contribution in [3.8, 4) is 5.75 Å². The Hall–Kier alpha value is -1.07. The highest BCUT2D eigenvalue weighted by atomic mass is 32.2. The van der Waals surface area contributed by atoms with Crippen molar-refractivity contribution in [2.75, 3.05) is 18.1 Å². The number of ether oxygens (including phenoxy) is 1. The number of hydrogen-bond acceptors (Lipinski definition) is 4. The lowest BCUT2D eigenvalue weighted by molar-refractivity contribution is 0.205. The van der Waals surface area contributed by atoms with Crippen molar-refractivity contribution in [1.82, 2.24) is 5.32 Å². The van der Waals surface area contributed by atoms with Crippen molar-refractivity contribution >= 4 is 9.84 Å². The van der Waals surface area contributed by atoms with Crippen molar-refractivity contribution in [2.45, 2.75) is 31.9 Å².